The Morgan fingerprint density at radius 1 is 1.14 bits per heavy atom. The van der Waals surface area contributed by atoms with E-state index in [2.05, 4.69) is 10.6 Å². The van der Waals surface area contributed by atoms with Crippen molar-refractivity contribution in [2.24, 2.45) is 5.92 Å². The maximum atomic E-state index is 11.6. The maximum Gasteiger partial charge on any atom is 0.226 e. The number of ether oxygens (including phenoxy) is 2. The minimum atomic E-state index is -0.497. The highest BCUT2D eigenvalue weighted by Gasteiger charge is 2.28. The molecular formula is C16H24N2O3. The van der Waals surface area contributed by atoms with Gasteiger partial charge in [-0.05, 0) is 38.1 Å². The van der Waals surface area contributed by atoms with Gasteiger partial charge in [0.15, 0.2) is 5.79 Å². The summed E-state index contributed by atoms with van der Waals surface area (Å²) in [5.74, 6) is -0.502. The Hall–Kier alpha value is -1.59. The summed E-state index contributed by atoms with van der Waals surface area (Å²) in [4.78, 5) is 11.6. The van der Waals surface area contributed by atoms with Gasteiger partial charge in [-0.3, -0.25) is 4.79 Å². The van der Waals surface area contributed by atoms with E-state index in [1.165, 1.54) is 0 Å². The largest absolute Gasteiger partial charge is 0.378 e. The molecule has 1 aliphatic rings. The Bertz CT molecular complexity index is 473. The monoisotopic (exact) mass is 292 g/mol. The normalized spacial score (nSPS) is 18.5. The van der Waals surface area contributed by atoms with E-state index in [1.54, 1.807) is 0 Å². The van der Waals surface area contributed by atoms with Crippen LogP contribution in [0.2, 0.25) is 0 Å². The number of hydrogen-bond acceptors (Lipinski definition) is 4. The first-order valence-electron chi connectivity index (χ1n) is 7.31. The minimum Gasteiger partial charge on any atom is -0.378 e. The van der Waals surface area contributed by atoms with E-state index in [9.17, 15) is 4.79 Å². The zero-order valence-corrected chi connectivity index (χ0v) is 13.1. The second-order valence-electron chi connectivity index (χ2n) is 6.08. The Balaban J connectivity index is 1.87. The average Bonchev–Trinajstić information content (AvgIpc) is 2.43. The van der Waals surface area contributed by atoms with Gasteiger partial charge in [0.05, 0.1) is 19.3 Å². The molecule has 5 nitrogen and oxygen atoms in total. The van der Waals surface area contributed by atoms with Crippen molar-refractivity contribution in [3.8, 4) is 0 Å². The smallest absolute Gasteiger partial charge is 0.226 e. The van der Waals surface area contributed by atoms with Crippen molar-refractivity contribution in [1.82, 2.24) is 0 Å². The third-order valence-corrected chi connectivity index (χ3v) is 3.31. The molecule has 1 aromatic rings. The average molecular weight is 292 g/mol. The topological polar surface area (TPSA) is 59.6 Å². The molecule has 1 aromatic carbocycles. The van der Waals surface area contributed by atoms with Gasteiger partial charge in [-0.25, -0.2) is 0 Å². The molecule has 1 saturated heterocycles. The number of benzene rings is 1. The molecule has 2 rings (SSSR count). The molecule has 0 saturated carbocycles. The van der Waals surface area contributed by atoms with Crippen LogP contribution in [0.15, 0.2) is 24.3 Å². The molecule has 1 aliphatic heterocycles. The molecule has 1 fully saturated rings. The summed E-state index contributed by atoms with van der Waals surface area (Å²) in [7, 11) is 0. The van der Waals surface area contributed by atoms with Crippen LogP contribution in [0.4, 0.5) is 11.4 Å². The molecule has 0 bridgehead atoms. The van der Waals surface area contributed by atoms with Gasteiger partial charge >= 0.3 is 0 Å². The summed E-state index contributed by atoms with van der Waals surface area (Å²) in [6.45, 7) is 8.79. The number of anilines is 2. The lowest BCUT2D eigenvalue weighted by atomic mass is 10.2. The van der Waals surface area contributed by atoms with Crippen molar-refractivity contribution >= 4 is 17.3 Å². The fraction of sp³-hybridized carbons (Fsp3) is 0.562. The summed E-state index contributed by atoms with van der Waals surface area (Å²) in [6, 6.07) is 7.79. The van der Waals surface area contributed by atoms with E-state index in [0.717, 1.165) is 11.4 Å². The summed E-state index contributed by atoms with van der Waals surface area (Å²) < 4.78 is 11.2. The van der Waals surface area contributed by atoms with Crippen molar-refractivity contribution in [2.75, 3.05) is 23.8 Å². The van der Waals surface area contributed by atoms with Crippen LogP contribution in [-0.2, 0) is 14.3 Å². The van der Waals surface area contributed by atoms with E-state index in [4.69, 9.17) is 9.47 Å². The van der Waals surface area contributed by atoms with Crippen LogP contribution in [-0.4, -0.2) is 30.9 Å². The van der Waals surface area contributed by atoms with Crippen LogP contribution in [0.25, 0.3) is 0 Å². The highest BCUT2D eigenvalue weighted by molar-refractivity contribution is 5.92. The van der Waals surface area contributed by atoms with Crippen molar-refractivity contribution < 1.29 is 14.3 Å². The number of carbonyl (C=O) groups is 1. The van der Waals surface area contributed by atoms with Gasteiger partial charge in [0.25, 0.3) is 0 Å². The van der Waals surface area contributed by atoms with Crippen LogP contribution in [0.3, 0.4) is 0 Å². The van der Waals surface area contributed by atoms with Crippen LogP contribution in [0.5, 0.6) is 0 Å². The van der Waals surface area contributed by atoms with Crippen molar-refractivity contribution in [1.29, 1.82) is 0 Å². The first-order chi connectivity index (χ1) is 9.85. The summed E-state index contributed by atoms with van der Waals surface area (Å²) in [5, 5.41) is 6.23. The molecule has 21 heavy (non-hydrogen) atoms. The maximum absolute atomic E-state index is 11.6. The first kappa shape index (κ1) is 15.8. The standard InChI is InChI=1S/C16H24N2O3/c1-11(2)15(19)18-13-7-5-12(6-8-13)17-14-9-20-16(3,4)21-10-14/h5-8,11,14,17H,9-10H2,1-4H3,(H,18,19). The van der Waals surface area contributed by atoms with Crippen LogP contribution < -0.4 is 10.6 Å². The summed E-state index contributed by atoms with van der Waals surface area (Å²) in [5.41, 5.74) is 1.78. The third-order valence-electron chi connectivity index (χ3n) is 3.31. The number of rotatable bonds is 4. The lowest BCUT2D eigenvalue weighted by Gasteiger charge is -2.35. The van der Waals surface area contributed by atoms with Gasteiger partial charge in [0.2, 0.25) is 5.91 Å². The fourth-order valence-corrected chi connectivity index (χ4v) is 1.95. The molecule has 0 aromatic heterocycles. The van der Waals surface area contributed by atoms with Crippen molar-refractivity contribution in [3.05, 3.63) is 24.3 Å². The van der Waals surface area contributed by atoms with E-state index in [0.29, 0.717) is 13.2 Å². The van der Waals surface area contributed by atoms with Gasteiger partial charge in [-0.15, -0.1) is 0 Å². The molecule has 116 valence electrons. The molecule has 0 spiro atoms. The molecule has 1 amide bonds. The molecule has 0 radical (unpaired) electrons. The highest BCUT2D eigenvalue weighted by atomic mass is 16.7. The summed E-state index contributed by atoms with van der Waals surface area (Å²) in [6.07, 6.45) is 0. The first-order valence-corrected chi connectivity index (χ1v) is 7.31. The molecule has 5 heteroatoms. The predicted octanol–water partition coefficient (Wildman–Crippen LogP) is 2.84. The zero-order chi connectivity index (χ0) is 15.5. The molecule has 0 aliphatic carbocycles. The molecule has 0 unspecified atom stereocenters. The SMILES string of the molecule is CC(C)C(=O)Nc1ccc(NC2COC(C)(C)OC2)cc1. The number of amides is 1. The quantitative estimate of drug-likeness (QED) is 0.896. The second-order valence-corrected chi connectivity index (χ2v) is 6.08. The van der Waals surface area contributed by atoms with Crippen molar-refractivity contribution in [3.63, 3.8) is 0 Å². The van der Waals surface area contributed by atoms with E-state index in [1.807, 2.05) is 52.0 Å². The zero-order valence-electron chi connectivity index (χ0n) is 13.1. The van der Waals surface area contributed by atoms with Crippen molar-refractivity contribution in [2.45, 2.75) is 39.5 Å². The Labute approximate surface area is 126 Å². The Morgan fingerprint density at radius 3 is 2.19 bits per heavy atom. The van der Waals surface area contributed by atoms with Gasteiger partial charge < -0.3 is 20.1 Å². The van der Waals surface area contributed by atoms with Crippen LogP contribution in [0, 0.1) is 5.92 Å². The van der Waals surface area contributed by atoms with E-state index < -0.39 is 5.79 Å². The predicted molar refractivity (Wildman–Crippen MR) is 83.3 cm³/mol. The van der Waals surface area contributed by atoms with Crippen LogP contribution >= 0.6 is 0 Å². The lowest BCUT2D eigenvalue weighted by molar-refractivity contribution is -0.247. The molecule has 0 atom stereocenters. The van der Waals surface area contributed by atoms with E-state index >= 15 is 0 Å². The molecule has 2 N–H and O–H groups in total. The highest BCUT2D eigenvalue weighted by Crippen LogP contribution is 2.20. The Kier molecular flexibility index (Phi) is 4.85. The molecule has 1 heterocycles. The van der Waals surface area contributed by atoms with E-state index in [-0.39, 0.29) is 17.9 Å². The molecular weight excluding hydrogens is 268 g/mol. The van der Waals surface area contributed by atoms with Gasteiger partial charge in [-0.1, -0.05) is 13.8 Å². The van der Waals surface area contributed by atoms with Gasteiger partial charge in [-0.2, -0.15) is 0 Å². The van der Waals surface area contributed by atoms with Crippen LogP contribution in [0.1, 0.15) is 27.7 Å². The second kappa shape index (κ2) is 6.45. The summed E-state index contributed by atoms with van der Waals surface area (Å²) >= 11 is 0. The number of hydrogen-bond donors (Lipinski definition) is 2. The number of nitrogens with one attached hydrogen (secondary N) is 2. The van der Waals surface area contributed by atoms with Gasteiger partial charge in [0, 0.05) is 17.3 Å². The van der Waals surface area contributed by atoms with Gasteiger partial charge in [0.1, 0.15) is 0 Å². The third kappa shape index (κ3) is 4.72. The lowest BCUT2D eigenvalue weighted by Crippen LogP contribution is -2.45. The number of carbonyl (C=O) groups excluding carboxylic acids is 1. The minimum absolute atomic E-state index is 0.0204. The Morgan fingerprint density at radius 2 is 1.67 bits per heavy atom. The fourth-order valence-electron chi connectivity index (χ4n) is 1.95.